The Morgan fingerprint density at radius 3 is 1.13 bits per heavy atom. The van der Waals surface area contributed by atoms with Gasteiger partial charge in [-0.25, -0.2) is 0 Å². The van der Waals surface area contributed by atoms with Gasteiger partial charge in [-0.15, -0.1) is 35.9 Å². The Morgan fingerprint density at radius 2 is 0.725 bits per heavy atom. The van der Waals surface area contributed by atoms with E-state index in [4.69, 9.17) is 0 Å². The Morgan fingerprint density at radius 1 is 0.362 bits per heavy atom. The van der Waals surface area contributed by atoms with E-state index >= 15 is 0 Å². The zero-order chi connectivity index (χ0) is 45.0. The molecule has 4 aliphatic rings. The van der Waals surface area contributed by atoms with Crippen LogP contribution in [0.15, 0.2) is 243 Å². The number of carbonyl (C=O) groups is 1. The molecular formula is C66H40IrNO-. The SMILES string of the molecule is O=C(c1ccc2c(c1)C1(c3ccccc3-c3ccccc31)c1ccccc1-2)c1ccc2c(c1)C1(c3ccccc3-c3ccccc31)c1ccccc1-2.[Ir].[c-]1ccccc1-c1nccc2ccccc12. The number of rotatable bonds is 3. The van der Waals surface area contributed by atoms with Crippen LogP contribution in [-0.4, -0.2) is 10.8 Å². The van der Waals surface area contributed by atoms with E-state index in [1.807, 2.05) is 60.8 Å². The summed E-state index contributed by atoms with van der Waals surface area (Å²) in [6.07, 6.45) is 1.85. The molecule has 2 spiro atoms. The smallest absolute Gasteiger partial charge is 0.193 e. The molecule has 325 valence electrons. The Labute approximate surface area is 415 Å². The third kappa shape index (κ3) is 5.63. The summed E-state index contributed by atoms with van der Waals surface area (Å²) >= 11 is 0. The van der Waals surface area contributed by atoms with Crippen LogP contribution in [0, 0.1) is 6.07 Å². The maximum atomic E-state index is 15.0. The van der Waals surface area contributed by atoms with Gasteiger partial charge in [0.25, 0.3) is 0 Å². The standard InChI is InChI=1S/C51H30O.C15H10N.Ir/c52-49(31-25-27-39-37-17-5-11-23-45(37)50(47(39)29-31)41-19-7-1-13-33(41)34-14-2-8-20-42(34)50)32-26-28-40-38-18-6-12-24-46(38)51(48(40)30-32)43-21-9-3-15-35(43)36-16-4-10-22-44(36)51;1-2-7-13(8-3-1)15-14-9-5-4-6-12(14)10-11-16-15;/h1-30H;1-7,9-11H;/q;-1;. The van der Waals surface area contributed by atoms with E-state index in [2.05, 4.69) is 193 Å². The molecule has 2 nitrogen and oxygen atoms in total. The Hall–Kier alpha value is -8.07. The van der Waals surface area contributed by atoms with Gasteiger partial charge < -0.3 is 4.98 Å². The minimum atomic E-state index is -0.490. The van der Waals surface area contributed by atoms with E-state index in [0.717, 1.165) is 11.3 Å². The summed E-state index contributed by atoms with van der Waals surface area (Å²) in [5, 5.41) is 2.39. The number of carbonyl (C=O) groups excluding carboxylic acids is 1. The summed E-state index contributed by atoms with van der Waals surface area (Å²) in [6.45, 7) is 0. The van der Waals surface area contributed by atoms with Crippen LogP contribution >= 0.6 is 0 Å². The monoisotopic (exact) mass is 1060 g/mol. The molecule has 10 aromatic carbocycles. The van der Waals surface area contributed by atoms with Crippen molar-refractivity contribution in [1.29, 1.82) is 0 Å². The van der Waals surface area contributed by atoms with Gasteiger partial charge in [0.2, 0.25) is 0 Å². The van der Waals surface area contributed by atoms with Gasteiger partial charge in [0, 0.05) is 37.4 Å². The van der Waals surface area contributed by atoms with Crippen LogP contribution in [-0.2, 0) is 30.9 Å². The van der Waals surface area contributed by atoms with Gasteiger partial charge in [0.15, 0.2) is 5.78 Å². The molecule has 0 atom stereocenters. The molecule has 15 rings (SSSR count). The molecule has 0 fully saturated rings. The van der Waals surface area contributed by atoms with Crippen molar-refractivity contribution in [3.63, 3.8) is 0 Å². The van der Waals surface area contributed by atoms with Crippen molar-refractivity contribution in [2.75, 3.05) is 0 Å². The maximum absolute atomic E-state index is 15.0. The van der Waals surface area contributed by atoms with Gasteiger partial charge in [-0.05, 0) is 124 Å². The minimum absolute atomic E-state index is 0. The number of hydrogen-bond acceptors (Lipinski definition) is 2. The molecule has 0 aliphatic heterocycles. The molecule has 0 saturated heterocycles. The van der Waals surface area contributed by atoms with Gasteiger partial charge in [0.1, 0.15) is 0 Å². The van der Waals surface area contributed by atoms with Crippen LogP contribution in [0.25, 0.3) is 66.5 Å². The molecule has 11 aromatic rings. The summed E-state index contributed by atoms with van der Waals surface area (Å²) in [7, 11) is 0. The molecule has 0 amide bonds. The topological polar surface area (TPSA) is 30.0 Å². The zero-order valence-electron chi connectivity index (χ0n) is 37.3. The number of hydrogen-bond donors (Lipinski definition) is 0. The maximum Gasteiger partial charge on any atom is 0.193 e. The van der Waals surface area contributed by atoms with Gasteiger partial charge in [-0.3, -0.25) is 4.79 Å². The fourth-order valence-electron chi connectivity index (χ4n) is 12.5. The quantitative estimate of drug-likeness (QED) is 0.130. The zero-order valence-corrected chi connectivity index (χ0v) is 39.7. The molecule has 3 heteroatoms. The predicted octanol–water partition coefficient (Wildman–Crippen LogP) is 15.3. The number of pyridine rings is 1. The van der Waals surface area contributed by atoms with Crippen LogP contribution in [0.5, 0.6) is 0 Å². The Bertz CT molecular complexity index is 3580. The van der Waals surface area contributed by atoms with Crippen LogP contribution < -0.4 is 0 Å². The molecule has 0 unspecified atom stereocenters. The van der Waals surface area contributed by atoms with Crippen LogP contribution in [0.1, 0.15) is 60.4 Å². The van der Waals surface area contributed by atoms with Crippen molar-refractivity contribution in [3.8, 4) is 55.8 Å². The van der Waals surface area contributed by atoms with E-state index in [1.165, 1.54) is 99.8 Å². The molecular weight excluding hydrogens is 1010 g/mol. The second-order valence-corrected chi connectivity index (χ2v) is 18.3. The molecule has 1 radical (unpaired) electrons. The molecule has 0 bridgehead atoms. The molecule has 0 N–H and O–H groups in total. The van der Waals surface area contributed by atoms with Crippen molar-refractivity contribution in [1.82, 2.24) is 4.98 Å². The van der Waals surface area contributed by atoms with Gasteiger partial charge in [0.05, 0.1) is 10.8 Å². The summed E-state index contributed by atoms with van der Waals surface area (Å²) < 4.78 is 0. The number of ketones is 1. The summed E-state index contributed by atoms with van der Waals surface area (Å²) in [6, 6.07) is 87.2. The van der Waals surface area contributed by atoms with Crippen LogP contribution in [0.4, 0.5) is 0 Å². The Balaban J connectivity index is 0.000000234. The fourth-order valence-corrected chi connectivity index (χ4v) is 12.5. The summed E-state index contributed by atoms with van der Waals surface area (Å²) in [5.74, 6) is 0.0435. The van der Waals surface area contributed by atoms with Gasteiger partial charge >= 0.3 is 0 Å². The average Bonchev–Trinajstić information content (AvgIpc) is 4.10. The first-order chi connectivity index (χ1) is 33.7. The van der Waals surface area contributed by atoms with E-state index in [1.54, 1.807) is 0 Å². The van der Waals surface area contributed by atoms with E-state index in [9.17, 15) is 4.79 Å². The number of aromatic nitrogens is 1. The minimum Gasteiger partial charge on any atom is -0.304 e. The molecule has 0 saturated carbocycles. The second kappa shape index (κ2) is 15.8. The normalized spacial score (nSPS) is 13.7. The first-order valence-corrected chi connectivity index (χ1v) is 23.4. The number of fused-ring (bicyclic) bond motifs is 21. The van der Waals surface area contributed by atoms with Crippen molar-refractivity contribution in [3.05, 3.63) is 304 Å². The van der Waals surface area contributed by atoms with Gasteiger partial charge in [-0.1, -0.05) is 194 Å². The van der Waals surface area contributed by atoms with E-state index < -0.39 is 10.8 Å². The predicted molar refractivity (Wildman–Crippen MR) is 275 cm³/mol. The molecule has 69 heavy (non-hydrogen) atoms. The third-order valence-corrected chi connectivity index (χ3v) is 15.2. The molecule has 1 heterocycles. The average molecular weight is 1060 g/mol. The first-order valence-electron chi connectivity index (χ1n) is 23.4. The van der Waals surface area contributed by atoms with Crippen molar-refractivity contribution < 1.29 is 24.9 Å². The van der Waals surface area contributed by atoms with Crippen molar-refractivity contribution in [2.45, 2.75) is 10.8 Å². The number of benzene rings is 10. The number of nitrogens with zero attached hydrogens (tertiary/aromatic N) is 1. The summed E-state index contributed by atoms with van der Waals surface area (Å²) in [4.78, 5) is 19.4. The molecule has 1 aromatic heterocycles. The second-order valence-electron chi connectivity index (χ2n) is 18.3. The fraction of sp³-hybridized carbons (Fsp3) is 0.0303. The third-order valence-electron chi connectivity index (χ3n) is 15.2. The van der Waals surface area contributed by atoms with Crippen molar-refractivity contribution in [2.24, 2.45) is 0 Å². The van der Waals surface area contributed by atoms with E-state index in [0.29, 0.717) is 11.1 Å². The molecule has 4 aliphatic carbocycles. The Kier molecular flexibility index (Phi) is 9.39. The largest absolute Gasteiger partial charge is 0.304 e. The summed E-state index contributed by atoms with van der Waals surface area (Å²) in [5.41, 5.74) is 22.4. The van der Waals surface area contributed by atoms with E-state index in [-0.39, 0.29) is 25.9 Å². The van der Waals surface area contributed by atoms with Crippen LogP contribution in [0.2, 0.25) is 0 Å². The van der Waals surface area contributed by atoms with Gasteiger partial charge in [-0.2, -0.15) is 0 Å². The van der Waals surface area contributed by atoms with Crippen molar-refractivity contribution >= 4 is 16.6 Å². The first kappa shape index (κ1) is 41.1. The van der Waals surface area contributed by atoms with Crippen LogP contribution in [0.3, 0.4) is 0 Å².